The van der Waals surface area contributed by atoms with Crippen molar-refractivity contribution in [3.8, 4) is 0 Å². The summed E-state index contributed by atoms with van der Waals surface area (Å²) in [7, 11) is 0. The monoisotopic (exact) mass is 250 g/mol. The zero-order chi connectivity index (χ0) is 11.9. The SMILES string of the molecule is C1CCC2NC(C3NC4CCCCC4N3)NC2C1. The lowest BCUT2D eigenvalue weighted by Gasteiger charge is -2.23. The maximum absolute atomic E-state index is 3.81. The summed E-state index contributed by atoms with van der Waals surface area (Å²) >= 11 is 0. The molecule has 102 valence electrons. The molecule has 4 unspecified atom stereocenters. The third-order valence-corrected chi connectivity index (χ3v) is 5.44. The topological polar surface area (TPSA) is 48.1 Å². The van der Waals surface area contributed by atoms with Gasteiger partial charge in [-0.15, -0.1) is 0 Å². The number of hydrogen-bond donors (Lipinski definition) is 4. The molecule has 0 aromatic heterocycles. The van der Waals surface area contributed by atoms with E-state index in [1.165, 1.54) is 51.4 Å². The fraction of sp³-hybridized carbons (Fsp3) is 1.00. The highest BCUT2D eigenvalue weighted by molar-refractivity contribution is 5.04. The van der Waals surface area contributed by atoms with Crippen molar-refractivity contribution in [2.75, 3.05) is 0 Å². The molecule has 0 bridgehead atoms. The predicted octanol–water partition coefficient (Wildman–Crippen LogP) is 0.647. The molecule has 2 saturated carbocycles. The second-order valence-corrected chi connectivity index (χ2v) is 6.62. The van der Waals surface area contributed by atoms with Gasteiger partial charge in [-0.3, -0.25) is 21.3 Å². The highest BCUT2D eigenvalue weighted by Crippen LogP contribution is 2.27. The Morgan fingerprint density at radius 2 is 0.722 bits per heavy atom. The molecule has 0 aromatic rings. The van der Waals surface area contributed by atoms with Crippen LogP contribution in [0.4, 0.5) is 0 Å². The molecule has 4 atom stereocenters. The van der Waals surface area contributed by atoms with Gasteiger partial charge >= 0.3 is 0 Å². The molecule has 0 radical (unpaired) electrons. The minimum atomic E-state index is 0.434. The summed E-state index contributed by atoms with van der Waals surface area (Å²) in [6.07, 6.45) is 11.9. The predicted molar refractivity (Wildman–Crippen MR) is 72.2 cm³/mol. The van der Waals surface area contributed by atoms with Crippen LogP contribution in [0.15, 0.2) is 0 Å². The molecule has 2 aliphatic heterocycles. The third kappa shape index (κ3) is 1.99. The fourth-order valence-corrected chi connectivity index (χ4v) is 4.46. The Kier molecular flexibility index (Phi) is 3.07. The van der Waals surface area contributed by atoms with Crippen molar-refractivity contribution in [2.24, 2.45) is 0 Å². The molecule has 18 heavy (non-hydrogen) atoms. The van der Waals surface area contributed by atoms with Crippen molar-refractivity contribution in [2.45, 2.75) is 87.9 Å². The normalized spacial score (nSPS) is 52.0. The van der Waals surface area contributed by atoms with E-state index in [1.54, 1.807) is 0 Å². The van der Waals surface area contributed by atoms with Gasteiger partial charge in [-0.2, -0.15) is 0 Å². The Balaban J connectivity index is 1.40. The molecule has 4 rings (SSSR count). The molecule has 2 aliphatic carbocycles. The van der Waals surface area contributed by atoms with Crippen LogP contribution in [0.25, 0.3) is 0 Å². The molecular formula is C14H26N4. The van der Waals surface area contributed by atoms with Crippen molar-refractivity contribution < 1.29 is 0 Å². The lowest BCUT2D eigenvalue weighted by molar-refractivity contribution is 0.361. The molecule has 0 amide bonds. The number of fused-ring (bicyclic) bond motifs is 2. The first-order valence-corrected chi connectivity index (χ1v) is 7.94. The van der Waals surface area contributed by atoms with Crippen LogP contribution in [0.2, 0.25) is 0 Å². The first-order valence-electron chi connectivity index (χ1n) is 7.94. The zero-order valence-electron chi connectivity index (χ0n) is 11.1. The van der Waals surface area contributed by atoms with E-state index in [0.29, 0.717) is 12.3 Å². The van der Waals surface area contributed by atoms with Crippen LogP contribution in [0.5, 0.6) is 0 Å². The average Bonchev–Trinajstić information content (AvgIpc) is 3.02. The first kappa shape index (κ1) is 11.6. The summed E-state index contributed by atoms with van der Waals surface area (Å²) in [6, 6.07) is 2.87. The Morgan fingerprint density at radius 1 is 0.444 bits per heavy atom. The molecule has 4 heteroatoms. The van der Waals surface area contributed by atoms with Gasteiger partial charge in [0.25, 0.3) is 0 Å². The molecule has 0 aromatic carbocycles. The minimum Gasteiger partial charge on any atom is -0.295 e. The Bertz CT molecular complexity index is 250. The standard InChI is InChI=1S/C14H26N4/c1-2-6-10-9(5-1)15-13(16-10)14-17-11-7-3-4-8-12(11)18-14/h9-18H,1-8H2. The van der Waals surface area contributed by atoms with Gasteiger partial charge in [-0.1, -0.05) is 25.7 Å². The molecular weight excluding hydrogens is 224 g/mol. The van der Waals surface area contributed by atoms with Gasteiger partial charge in [-0.25, -0.2) is 0 Å². The smallest absolute Gasteiger partial charge is 0.0871 e. The minimum absolute atomic E-state index is 0.434. The van der Waals surface area contributed by atoms with Gasteiger partial charge in [-0.05, 0) is 25.7 Å². The Labute approximate surface area is 110 Å². The summed E-state index contributed by atoms with van der Waals surface area (Å²) < 4.78 is 0. The lowest BCUT2D eigenvalue weighted by Crippen LogP contribution is -2.54. The van der Waals surface area contributed by atoms with Gasteiger partial charge in [0.1, 0.15) is 0 Å². The highest BCUT2D eigenvalue weighted by Gasteiger charge is 2.43. The van der Waals surface area contributed by atoms with Gasteiger partial charge in [0, 0.05) is 24.2 Å². The number of hydrogen-bond acceptors (Lipinski definition) is 4. The van der Waals surface area contributed by atoms with E-state index in [9.17, 15) is 0 Å². The molecule has 4 nitrogen and oxygen atoms in total. The summed E-state index contributed by atoms with van der Waals surface area (Å²) in [5.41, 5.74) is 0. The van der Waals surface area contributed by atoms with E-state index in [-0.39, 0.29) is 0 Å². The van der Waals surface area contributed by atoms with Crippen LogP contribution in [0.3, 0.4) is 0 Å². The number of rotatable bonds is 1. The maximum atomic E-state index is 3.81. The number of nitrogens with one attached hydrogen (secondary N) is 4. The van der Waals surface area contributed by atoms with Crippen molar-refractivity contribution in [3.63, 3.8) is 0 Å². The van der Waals surface area contributed by atoms with Crippen molar-refractivity contribution in [1.82, 2.24) is 21.3 Å². The molecule has 4 aliphatic rings. The molecule has 0 spiro atoms. The van der Waals surface area contributed by atoms with E-state index >= 15 is 0 Å². The highest BCUT2D eigenvalue weighted by atomic mass is 15.4. The third-order valence-electron chi connectivity index (χ3n) is 5.44. The van der Waals surface area contributed by atoms with Crippen LogP contribution < -0.4 is 21.3 Å². The summed E-state index contributed by atoms with van der Waals surface area (Å²) in [5, 5.41) is 15.2. The van der Waals surface area contributed by atoms with Gasteiger partial charge in [0.2, 0.25) is 0 Å². The first-order chi connectivity index (χ1) is 8.90. The quantitative estimate of drug-likeness (QED) is 0.552. The van der Waals surface area contributed by atoms with Crippen molar-refractivity contribution in [3.05, 3.63) is 0 Å². The van der Waals surface area contributed by atoms with Gasteiger partial charge < -0.3 is 0 Å². The zero-order valence-corrected chi connectivity index (χ0v) is 11.1. The van der Waals surface area contributed by atoms with Gasteiger partial charge in [0.15, 0.2) is 0 Å². The van der Waals surface area contributed by atoms with Crippen molar-refractivity contribution in [1.29, 1.82) is 0 Å². The van der Waals surface area contributed by atoms with Crippen LogP contribution in [0.1, 0.15) is 51.4 Å². The average molecular weight is 250 g/mol. The summed E-state index contributed by atoms with van der Waals surface area (Å²) in [5.74, 6) is 0. The largest absolute Gasteiger partial charge is 0.295 e. The van der Waals surface area contributed by atoms with Crippen LogP contribution in [-0.4, -0.2) is 36.5 Å². The van der Waals surface area contributed by atoms with E-state index in [4.69, 9.17) is 0 Å². The fourth-order valence-electron chi connectivity index (χ4n) is 4.46. The van der Waals surface area contributed by atoms with E-state index < -0.39 is 0 Å². The molecule has 4 N–H and O–H groups in total. The second-order valence-electron chi connectivity index (χ2n) is 6.62. The Hall–Kier alpha value is -0.160. The van der Waals surface area contributed by atoms with E-state index in [0.717, 1.165) is 24.2 Å². The van der Waals surface area contributed by atoms with Gasteiger partial charge in [0.05, 0.1) is 12.3 Å². The van der Waals surface area contributed by atoms with Crippen LogP contribution in [0, 0.1) is 0 Å². The van der Waals surface area contributed by atoms with Crippen molar-refractivity contribution >= 4 is 0 Å². The van der Waals surface area contributed by atoms with E-state index in [1.807, 2.05) is 0 Å². The van der Waals surface area contributed by atoms with E-state index in [2.05, 4.69) is 21.3 Å². The van der Waals surface area contributed by atoms with Crippen LogP contribution in [-0.2, 0) is 0 Å². The lowest BCUT2D eigenvalue weighted by atomic mass is 9.92. The van der Waals surface area contributed by atoms with Crippen LogP contribution >= 0.6 is 0 Å². The summed E-state index contributed by atoms with van der Waals surface area (Å²) in [6.45, 7) is 0. The second kappa shape index (κ2) is 4.75. The molecule has 2 heterocycles. The summed E-state index contributed by atoms with van der Waals surface area (Å²) in [4.78, 5) is 0. The Morgan fingerprint density at radius 3 is 1.00 bits per heavy atom. The molecule has 2 saturated heterocycles. The maximum Gasteiger partial charge on any atom is 0.0871 e. The molecule has 4 fully saturated rings.